The number of hydrogen-bond donors (Lipinski definition) is 1. The number of nitro groups is 1. The molecule has 132 valence electrons. The van der Waals surface area contributed by atoms with E-state index in [0.29, 0.717) is 4.31 Å². The number of non-ortho nitro benzene ring substituents is 1. The van der Waals surface area contributed by atoms with Gasteiger partial charge in [0.15, 0.2) is 0 Å². The van der Waals surface area contributed by atoms with E-state index in [-0.39, 0.29) is 15.7 Å². The van der Waals surface area contributed by atoms with Gasteiger partial charge in [-0.1, -0.05) is 29.3 Å². The van der Waals surface area contributed by atoms with Gasteiger partial charge in [-0.2, -0.15) is 0 Å². The van der Waals surface area contributed by atoms with Crippen molar-refractivity contribution in [1.82, 2.24) is 0 Å². The highest BCUT2D eigenvalue weighted by Gasteiger charge is 2.29. The Kier molecular flexibility index (Phi) is 5.51. The summed E-state index contributed by atoms with van der Waals surface area (Å²) in [6.07, 6.45) is 0. The number of sulfonamides is 1. The van der Waals surface area contributed by atoms with Crippen LogP contribution in [0.15, 0.2) is 47.4 Å². The molecular formula is C14H10Cl2N2O6S. The van der Waals surface area contributed by atoms with Gasteiger partial charge in [0.05, 0.1) is 15.5 Å². The average Bonchev–Trinajstić information content (AvgIpc) is 2.51. The van der Waals surface area contributed by atoms with Gasteiger partial charge in [-0.15, -0.1) is 0 Å². The van der Waals surface area contributed by atoms with Crippen molar-refractivity contribution >= 4 is 50.6 Å². The van der Waals surface area contributed by atoms with Crippen LogP contribution >= 0.6 is 23.2 Å². The first-order chi connectivity index (χ1) is 11.6. The molecule has 0 unspecified atom stereocenters. The van der Waals surface area contributed by atoms with Gasteiger partial charge in [0.2, 0.25) is 0 Å². The smallest absolute Gasteiger partial charge is 0.324 e. The molecule has 0 bridgehead atoms. The van der Waals surface area contributed by atoms with Crippen molar-refractivity contribution in [2.24, 2.45) is 0 Å². The zero-order valence-electron chi connectivity index (χ0n) is 12.3. The van der Waals surface area contributed by atoms with Crippen molar-refractivity contribution in [3.63, 3.8) is 0 Å². The first-order valence-corrected chi connectivity index (χ1v) is 8.76. The molecule has 0 saturated carbocycles. The summed E-state index contributed by atoms with van der Waals surface area (Å²) >= 11 is 11.7. The van der Waals surface area contributed by atoms with Crippen LogP contribution in [0, 0.1) is 10.1 Å². The van der Waals surface area contributed by atoms with Crippen molar-refractivity contribution in [3.8, 4) is 0 Å². The van der Waals surface area contributed by atoms with Crippen LogP contribution in [0.3, 0.4) is 0 Å². The Hall–Kier alpha value is -2.36. The Morgan fingerprint density at radius 2 is 1.76 bits per heavy atom. The van der Waals surface area contributed by atoms with Gasteiger partial charge >= 0.3 is 5.97 Å². The minimum Gasteiger partial charge on any atom is -0.480 e. The number of carbonyl (C=O) groups is 1. The highest BCUT2D eigenvalue weighted by atomic mass is 35.5. The molecule has 0 aliphatic rings. The summed E-state index contributed by atoms with van der Waals surface area (Å²) in [5.74, 6) is -1.43. The lowest BCUT2D eigenvalue weighted by molar-refractivity contribution is -0.385. The van der Waals surface area contributed by atoms with Crippen LogP contribution in [0.4, 0.5) is 11.4 Å². The van der Waals surface area contributed by atoms with Crippen LogP contribution in [0.2, 0.25) is 10.0 Å². The molecule has 8 nitrogen and oxygen atoms in total. The van der Waals surface area contributed by atoms with Crippen molar-refractivity contribution in [3.05, 3.63) is 62.6 Å². The monoisotopic (exact) mass is 404 g/mol. The fraction of sp³-hybridized carbons (Fsp3) is 0.0714. The van der Waals surface area contributed by atoms with Gasteiger partial charge < -0.3 is 5.11 Å². The third-order valence-corrected chi connectivity index (χ3v) is 5.24. The lowest BCUT2D eigenvalue weighted by atomic mass is 10.3. The third-order valence-electron chi connectivity index (χ3n) is 3.03. The molecule has 2 aromatic carbocycles. The molecule has 0 fully saturated rings. The molecule has 2 rings (SSSR count). The highest BCUT2D eigenvalue weighted by Crippen LogP contribution is 2.30. The van der Waals surface area contributed by atoms with Gasteiger partial charge in [0, 0.05) is 22.2 Å². The Balaban J connectivity index is 2.62. The minimum atomic E-state index is -4.41. The van der Waals surface area contributed by atoms with E-state index in [2.05, 4.69) is 0 Å². The van der Waals surface area contributed by atoms with Gasteiger partial charge in [0.25, 0.3) is 15.7 Å². The van der Waals surface area contributed by atoms with E-state index in [0.717, 1.165) is 18.2 Å². The summed E-state index contributed by atoms with van der Waals surface area (Å²) in [5.41, 5.74) is -0.521. The SMILES string of the molecule is O=C(O)CN(c1cc(Cl)cc(Cl)c1)S(=O)(=O)c1cccc([N+](=O)[O-])c1. The Labute approximate surface area is 152 Å². The van der Waals surface area contributed by atoms with E-state index < -0.39 is 38.0 Å². The molecule has 0 amide bonds. The van der Waals surface area contributed by atoms with E-state index in [9.17, 15) is 23.3 Å². The van der Waals surface area contributed by atoms with Crippen LogP contribution in [-0.4, -0.2) is 31.0 Å². The Bertz CT molecular complexity index is 928. The first-order valence-electron chi connectivity index (χ1n) is 6.56. The first kappa shape index (κ1) is 19.0. The number of aliphatic carboxylic acids is 1. The second kappa shape index (κ2) is 7.26. The van der Waals surface area contributed by atoms with E-state index in [1.54, 1.807) is 0 Å². The summed E-state index contributed by atoms with van der Waals surface area (Å²) in [6.45, 7) is -0.915. The van der Waals surface area contributed by atoms with Gasteiger partial charge in [-0.05, 0) is 24.3 Å². The molecule has 0 aliphatic heterocycles. The Morgan fingerprint density at radius 3 is 2.28 bits per heavy atom. The van der Waals surface area contributed by atoms with Crippen molar-refractivity contribution < 1.29 is 23.2 Å². The zero-order chi connectivity index (χ0) is 18.8. The number of anilines is 1. The molecule has 0 aliphatic carbocycles. The van der Waals surface area contributed by atoms with Crippen LogP contribution in [0.5, 0.6) is 0 Å². The number of benzene rings is 2. The molecular weight excluding hydrogens is 395 g/mol. The van der Waals surface area contributed by atoms with Gasteiger partial charge in [-0.25, -0.2) is 8.42 Å². The average molecular weight is 405 g/mol. The number of carboxylic acids is 1. The predicted octanol–water partition coefficient (Wildman–Crippen LogP) is 3.18. The number of carboxylic acid groups (broad SMARTS) is 1. The Morgan fingerprint density at radius 1 is 1.16 bits per heavy atom. The number of halogens is 2. The highest BCUT2D eigenvalue weighted by molar-refractivity contribution is 7.92. The van der Waals surface area contributed by atoms with Crippen LogP contribution < -0.4 is 4.31 Å². The third kappa shape index (κ3) is 4.38. The maximum absolute atomic E-state index is 12.8. The van der Waals surface area contributed by atoms with E-state index >= 15 is 0 Å². The quantitative estimate of drug-likeness (QED) is 0.583. The normalized spacial score (nSPS) is 11.1. The topological polar surface area (TPSA) is 118 Å². The fourth-order valence-electron chi connectivity index (χ4n) is 2.01. The lowest BCUT2D eigenvalue weighted by Gasteiger charge is -2.23. The van der Waals surface area contributed by atoms with Gasteiger partial charge in [-0.3, -0.25) is 19.2 Å². The molecule has 0 spiro atoms. The number of nitrogens with zero attached hydrogens (tertiary/aromatic N) is 2. The van der Waals surface area contributed by atoms with Crippen molar-refractivity contribution in [2.45, 2.75) is 4.90 Å². The van der Waals surface area contributed by atoms with Crippen LogP contribution in [0.1, 0.15) is 0 Å². The van der Waals surface area contributed by atoms with E-state index in [4.69, 9.17) is 28.3 Å². The molecule has 0 heterocycles. The molecule has 0 atom stereocenters. The minimum absolute atomic E-state index is 0.0774. The number of nitro benzene ring substituents is 1. The molecule has 11 heteroatoms. The molecule has 1 N–H and O–H groups in total. The second-order valence-corrected chi connectivity index (χ2v) is 7.52. The number of hydrogen-bond acceptors (Lipinski definition) is 5. The molecule has 0 radical (unpaired) electrons. The maximum Gasteiger partial charge on any atom is 0.324 e. The largest absolute Gasteiger partial charge is 0.480 e. The second-order valence-electron chi connectivity index (χ2n) is 4.79. The standard InChI is InChI=1S/C14H10Cl2N2O6S/c15-9-4-10(16)6-12(5-9)17(8-14(19)20)25(23,24)13-3-1-2-11(7-13)18(21)22/h1-7H,8H2,(H,19,20). The maximum atomic E-state index is 12.8. The zero-order valence-corrected chi connectivity index (χ0v) is 14.6. The summed E-state index contributed by atoms with van der Waals surface area (Å²) in [6, 6.07) is 8.09. The lowest BCUT2D eigenvalue weighted by Crippen LogP contribution is -2.35. The van der Waals surface area contributed by atoms with Gasteiger partial charge in [0.1, 0.15) is 6.54 Å². The predicted molar refractivity (Wildman–Crippen MR) is 91.7 cm³/mol. The molecule has 2 aromatic rings. The van der Waals surface area contributed by atoms with Crippen molar-refractivity contribution in [2.75, 3.05) is 10.8 Å². The van der Waals surface area contributed by atoms with Crippen molar-refractivity contribution in [1.29, 1.82) is 0 Å². The number of rotatable bonds is 6. The summed E-state index contributed by atoms with van der Waals surface area (Å²) < 4.78 is 26.2. The van der Waals surface area contributed by atoms with E-state index in [1.807, 2.05) is 0 Å². The summed E-state index contributed by atoms with van der Waals surface area (Å²) in [4.78, 5) is 20.8. The summed E-state index contributed by atoms with van der Waals surface area (Å²) in [5, 5.41) is 20.1. The van der Waals surface area contributed by atoms with Crippen LogP contribution in [-0.2, 0) is 14.8 Å². The molecule has 0 saturated heterocycles. The molecule has 25 heavy (non-hydrogen) atoms. The van der Waals surface area contributed by atoms with E-state index in [1.165, 1.54) is 24.3 Å². The van der Waals surface area contributed by atoms with Crippen LogP contribution in [0.25, 0.3) is 0 Å². The molecule has 0 aromatic heterocycles. The fourth-order valence-corrected chi connectivity index (χ4v) is 3.96. The summed E-state index contributed by atoms with van der Waals surface area (Å²) in [7, 11) is -4.41.